The SMILES string of the molecule is CCC(C)NS(=O)(=O)Cc1c(Cl)cccc1Cl. The van der Waals surface area contributed by atoms with Crippen LogP contribution in [0, 0.1) is 0 Å². The smallest absolute Gasteiger partial charge is 0.212 e. The minimum atomic E-state index is -3.41. The second-order valence-corrected chi connectivity index (χ2v) is 6.45. The molecule has 3 nitrogen and oxygen atoms in total. The molecule has 0 saturated heterocycles. The fourth-order valence-corrected chi connectivity index (χ4v) is 3.54. The van der Waals surface area contributed by atoms with Crippen molar-refractivity contribution in [3.63, 3.8) is 0 Å². The predicted octanol–water partition coefficient (Wildman–Crippen LogP) is 3.21. The summed E-state index contributed by atoms with van der Waals surface area (Å²) in [6.07, 6.45) is 0.732. The first-order valence-electron chi connectivity index (χ1n) is 5.28. The quantitative estimate of drug-likeness (QED) is 0.907. The molecule has 0 aliphatic heterocycles. The number of halogens is 2. The molecule has 1 aromatic carbocycles. The molecule has 0 aliphatic carbocycles. The molecule has 1 N–H and O–H groups in total. The van der Waals surface area contributed by atoms with Gasteiger partial charge in [0.25, 0.3) is 0 Å². The van der Waals surface area contributed by atoms with Crippen molar-refractivity contribution in [3.05, 3.63) is 33.8 Å². The molecule has 0 saturated carbocycles. The maximum Gasteiger partial charge on any atom is 0.216 e. The monoisotopic (exact) mass is 295 g/mol. The van der Waals surface area contributed by atoms with E-state index in [4.69, 9.17) is 23.2 Å². The fourth-order valence-electron chi connectivity index (χ4n) is 1.29. The first kappa shape index (κ1) is 14.8. The Morgan fingerprint density at radius 3 is 2.29 bits per heavy atom. The van der Waals surface area contributed by atoms with E-state index >= 15 is 0 Å². The third-order valence-electron chi connectivity index (χ3n) is 2.39. The largest absolute Gasteiger partial charge is 0.216 e. The standard InChI is InChI=1S/C11H15Cl2NO2S/c1-3-8(2)14-17(15,16)7-9-10(12)5-4-6-11(9)13/h4-6,8,14H,3,7H2,1-2H3. The molecule has 0 spiro atoms. The van der Waals surface area contributed by atoms with Gasteiger partial charge in [-0.25, -0.2) is 13.1 Å². The Balaban J connectivity index is 2.91. The van der Waals surface area contributed by atoms with Gasteiger partial charge in [-0.05, 0) is 25.5 Å². The molecule has 17 heavy (non-hydrogen) atoms. The topological polar surface area (TPSA) is 46.2 Å². The summed E-state index contributed by atoms with van der Waals surface area (Å²) < 4.78 is 26.3. The van der Waals surface area contributed by atoms with Gasteiger partial charge in [0.15, 0.2) is 0 Å². The van der Waals surface area contributed by atoms with E-state index in [1.165, 1.54) is 0 Å². The van der Waals surface area contributed by atoms with Gasteiger partial charge in [-0.3, -0.25) is 0 Å². The van der Waals surface area contributed by atoms with Crippen molar-refractivity contribution >= 4 is 33.2 Å². The molecule has 1 rings (SSSR count). The van der Waals surface area contributed by atoms with E-state index in [1.54, 1.807) is 18.2 Å². The lowest BCUT2D eigenvalue weighted by molar-refractivity contribution is 0.555. The van der Waals surface area contributed by atoms with Crippen LogP contribution in [-0.2, 0) is 15.8 Å². The first-order chi connectivity index (χ1) is 7.85. The van der Waals surface area contributed by atoms with Gasteiger partial charge < -0.3 is 0 Å². The fraction of sp³-hybridized carbons (Fsp3) is 0.455. The molecular formula is C11H15Cl2NO2S. The summed E-state index contributed by atoms with van der Waals surface area (Å²) >= 11 is 11.9. The van der Waals surface area contributed by atoms with Crippen LogP contribution in [0.25, 0.3) is 0 Å². The molecule has 0 heterocycles. The lowest BCUT2D eigenvalue weighted by Crippen LogP contribution is -2.33. The van der Waals surface area contributed by atoms with Gasteiger partial charge >= 0.3 is 0 Å². The van der Waals surface area contributed by atoms with Crippen LogP contribution < -0.4 is 4.72 Å². The van der Waals surface area contributed by atoms with Crippen LogP contribution in [0.15, 0.2) is 18.2 Å². The zero-order valence-electron chi connectivity index (χ0n) is 9.70. The molecule has 0 bridgehead atoms. The molecule has 96 valence electrons. The Morgan fingerprint density at radius 2 is 1.82 bits per heavy atom. The summed E-state index contributed by atoms with van der Waals surface area (Å²) in [6.45, 7) is 3.72. The van der Waals surface area contributed by atoms with Gasteiger partial charge in [-0.15, -0.1) is 0 Å². The molecule has 0 amide bonds. The van der Waals surface area contributed by atoms with Gasteiger partial charge in [0.2, 0.25) is 10.0 Å². The first-order valence-corrected chi connectivity index (χ1v) is 7.69. The van der Waals surface area contributed by atoms with Crippen LogP contribution in [-0.4, -0.2) is 14.5 Å². The molecule has 0 aromatic heterocycles. The van der Waals surface area contributed by atoms with Crippen LogP contribution in [0.5, 0.6) is 0 Å². The zero-order chi connectivity index (χ0) is 13.1. The van der Waals surface area contributed by atoms with Crippen molar-refractivity contribution in [2.45, 2.75) is 32.1 Å². The van der Waals surface area contributed by atoms with Crippen LogP contribution >= 0.6 is 23.2 Å². The van der Waals surface area contributed by atoms with Gasteiger partial charge in [0, 0.05) is 21.7 Å². The molecule has 0 aliphatic rings. The summed E-state index contributed by atoms with van der Waals surface area (Å²) in [7, 11) is -3.41. The van der Waals surface area contributed by atoms with Crippen molar-refractivity contribution in [2.75, 3.05) is 0 Å². The van der Waals surface area contributed by atoms with Crippen LogP contribution in [0.3, 0.4) is 0 Å². The van der Waals surface area contributed by atoms with Gasteiger partial charge in [0.05, 0.1) is 5.75 Å². The normalized spacial score (nSPS) is 13.6. The van der Waals surface area contributed by atoms with Gasteiger partial charge in [-0.2, -0.15) is 0 Å². The third kappa shape index (κ3) is 4.47. The van der Waals surface area contributed by atoms with E-state index < -0.39 is 10.0 Å². The van der Waals surface area contributed by atoms with Crippen LogP contribution in [0.4, 0.5) is 0 Å². The van der Waals surface area contributed by atoms with E-state index in [9.17, 15) is 8.42 Å². The Morgan fingerprint density at radius 1 is 1.29 bits per heavy atom. The highest BCUT2D eigenvalue weighted by Crippen LogP contribution is 2.25. The highest BCUT2D eigenvalue weighted by molar-refractivity contribution is 7.88. The minimum absolute atomic E-state index is 0.0961. The van der Waals surface area contributed by atoms with Gasteiger partial charge in [-0.1, -0.05) is 36.2 Å². The summed E-state index contributed by atoms with van der Waals surface area (Å²) in [5.74, 6) is -0.199. The maximum atomic E-state index is 11.8. The number of hydrogen-bond acceptors (Lipinski definition) is 2. The Bertz CT molecular complexity index is 468. The zero-order valence-corrected chi connectivity index (χ0v) is 12.0. The van der Waals surface area contributed by atoms with E-state index in [-0.39, 0.29) is 11.8 Å². The van der Waals surface area contributed by atoms with Crippen molar-refractivity contribution in [1.29, 1.82) is 0 Å². The molecular weight excluding hydrogens is 281 g/mol. The van der Waals surface area contributed by atoms with Crippen LogP contribution in [0.1, 0.15) is 25.8 Å². The van der Waals surface area contributed by atoms with Crippen LogP contribution in [0.2, 0.25) is 10.0 Å². The van der Waals surface area contributed by atoms with Crippen molar-refractivity contribution < 1.29 is 8.42 Å². The molecule has 1 atom stereocenters. The Kier molecular flexibility index (Phi) is 5.25. The molecule has 1 unspecified atom stereocenters. The summed E-state index contributed by atoms with van der Waals surface area (Å²) in [5, 5.41) is 0.735. The van der Waals surface area contributed by atoms with Crippen molar-refractivity contribution in [1.82, 2.24) is 4.72 Å². The minimum Gasteiger partial charge on any atom is -0.212 e. The summed E-state index contributed by atoms with van der Waals surface area (Å²) in [5.41, 5.74) is 0.437. The number of sulfonamides is 1. The Hall–Kier alpha value is -0.290. The maximum absolute atomic E-state index is 11.8. The lowest BCUT2D eigenvalue weighted by Gasteiger charge is -2.13. The van der Waals surface area contributed by atoms with E-state index in [0.29, 0.717) is 15.6 Å². The highest BCUT2D eigenvalue weighted by atomic mass is 35.5. The average Bonchev–Trinajstić information content (AvgIpc) is 2.23. The van der Waals surface area contributed by atoms with E-state index in [0.717, 1.165) is 6.42 Å². The molecule has 0 fully saturated rings. The van der Waals surface area contributed by atoms with Crippen molar-refractivity contribution in [2.24, 2.45) is 0 Å². The highest BCUT2D eigenvalue weighted by Gasteiger charge is 2.17. The Labute approximate surface area is 112 Å². The third-order valence-corrected chi connectivity index (χ3v) is 4.53. The summed E-state index contributed by atoms with van der Waals surface area (Å²) in [6, 6.07) is 4.84. The average molecular weight is 296 g/mol. The lowest BCUT2D eigenvalue weighted by atomic mass is 10.2. The van der Waals surface area contributed by atoms with E-state index in [2.05, 4.69) is 4.72 Å². The number of nitrogens with one attached hydrogen (secondary N) is 1. The predicted molar refractivity (Wildman–Crippen MR) is 72.0 cm³/mol. The van der Waals surface area contributed by atoms with Gasteiger partial charge in [0.1, 0.15) is 0 Å². The summed E-state index contributed by atoms with van der Waals surface area (Å²) in [4.78, 5) is 0. The second kappa shape index (κ2) is 6.05. The molecule has 6 heteroatoms. The number of rotatable bonds is 5. The number of benzene rings is 1. The van der Waals surface area contributed by atoms with Crippen molar-refractivity contribution in [3.8, 4) is 0 Å². The number of hydrogen-bond donors (Lipinski definition) is 1. The molecule has 0 radical (unpaired) electrons. The molecule has 1 aromatic rings. The second-order valence-electron chi connectivity index (χ2n) is 3.89. The van der Waals surface area contributed by atoms with E-state index in [1.807, 2.05) is 13.8 Å².